The summed E-state index contributed by atoms with van der Waals surface area (Å²) >= 11 is 0. The van der Waals surface area contributed by atoms with Crippen LogP contribution in [0.4, 0.5) is 14.5 Å². The van der Waals surface area contributed by atoms with Gasteiger partial charge in [-0.2, -0.15) is 0 Å². The first-order valence-electron chi connectivity index (χ1n) is 6.05. The summed E-state index contributed by atoms with van der Waals surface area (Å²) in [5, 5.41) is 6.05. The maximum absolute atomic E-state index is 13.9. The van der Waals surface area contributed by atoms with Crippen molar-refractivity contribution in [2.75, 3.05) is 19.4 Å². The lowest BCUT2D eigenvalue weighted by Gasteiger charge is -2.18. The van der Waals surface area contributed by atoms with E-state index in [1.807, 2.05) is 31.3 Å². The van der Waals surface area contributed by atoms with Crippen molar-refractivity contribution in [3.63, 3.8) is 0 Å². The number of hydrogen-bond donors (Lipinski definition) is 2. The SMILES string of the molecule is CNc1cccc(C(NC)c2cc(F)ccc2F)c1. The minimum Gasteiger partial charge on any atom is -0.388 e. The van der Waals surface area contributed by atoms with Crippen molar-refractivity contribution in [3.8, 4) is 0 Å². The second kappa shape index (κ2) is 5.80. The van der Waals surface area contributed by atoms with Gasteiger partial charge in [-0.1, -0.05) is 12.1 Å². The molecule has 0 radical (unpaired) electrons. The third-order valence-electron chi connectivity index (χ3n) is 3.07. The molecular formula is C15H16F2N2. The molecule has 1 unspecified atom stereocenters. The van der Waals surface area contributed by atoms with Crippen LogP contribution in [-0.2, 0) is 0 Å². The van der Waals surface area contributed by atoms with E-state index in [2.05, 4.69) is 10.6 Å². The van der Waals surface area contributed by atoms with Gasteiger partial charge >= 0.3 is 0 Å². The van der Waals surface area contributed by atoms with E-state index in [0.717, 1.165) is 23.4 Å². The van der Waals surface area contributed by atoms with Gasteiger partial charge < -0.3 is 10.6 Å². The lowest BCUT2D eigenvalue weighted by atomic mass is 9.98. The minimum atomic E-state index is -0.443. The lowest BCUT2D eigenvalue weighted by Crippen LogP contribution is -2.19. The Balaban J connectivity index is 2.46. The van der Waals surface area contributed by atoms with Crippen LogP contribution in [0, 0.1) is 11.6 Å². The zero-order valence-corrected chi connectivity index (χ0v) is 10.9. The zero-order valence-electron chi connectivity index (χ0n) is 10.9. The predicted molar refractivity (Wildman–Crippen MR) is 73.2 cm³/mol. The fourth-order valence-corrected chi connectivity index (χ4v) is 2.11. The standard InChI is InChI=1S/C15H16F2N2/c1-18-12-5-3-4-10(8-12)15(19-2)13-9-11(16)6-7-14(13)17/h3-9,15,18-19H,1-2H3. The van der Waals surface area contributed by atoms with Crippen molar-refractivity contribution >= 4 is 5.69 Å². The summed E-state index contributed by atoms with van der Waals surface area (Å²) in [5.41, 5.74) is 2.10. The zero-order chi connectivity index (χ0) is 13.8. The Hall–Kier alpha value is -1.94. The van der Waals surface area contributed by atoms with Crippen LogP contribution in [0.5, 0.6) is 0 Å². The van der Waals surface area contributed by atoms with Gasteiger partial charge in [-0.25, -0.2) is 8.78 Å². The number of rotatable bonds is 4. The summed E-state index contributed by atoms with van der Waals surface area (Å²) in [5.74, 6) is -0.864. The highest BCUT2D eigenvalue weighted by atomic mass is 19.1. The molecule has 4 heteroatoms. The summed E-state index contributed by atoms with van der Waals surface area (Å²) in [6, 6.07) is 10.7. The van der Waals surface area contributed by atoms with E-state index in [1.54, 1.807) is 7.05 Å². The Morgan fingerprint density at radius 2 is 1.79 bits per heavy atom. The van der Waals surface area contributed by atoms with Gasteiger partial charge in [0.25, 0.3) is 0 Å². The molecule has 2 aromatic carbocycles. The highest BCUT2D eigenvalue weighted by molar-refractivity contribution is 5.47. The van der Waals surface area contributed by atoms with Crippen molar-refractivity contribution in [3.05, 3.63) is 65.2 Å². The average Bonchev–Trinajstić information content (AvgIpc) is 2.44. The molecule has 0 aromatic heterocycles. The monoisotopic (exact) mass is 262 g/mol. The van der Waals surface area contributed by atoms with Gasteiger partial charge in [0, 0.05) is 18.3 Å². The Morgan fingerprint density at radius 3 is 2.47 bits per heavy atom. The van der Waals surface area contributed by atoms with E-state index < -0.39 is 11.6 Å². The van der Waals surface area contributed by atoms with Gasteiger partial charge in [0.1, 0.15) is 11.6 Å². The molecular weight excluding hydrogens is 246 g/mol. The molecule has 0 spiro atoms. The van der Waals surface area contributed by atoms with Gasteiger partial charge in [-0.3, -0.25) is 0 Å². The summed E-state index contributed by atoms with van der Waals surface area (Å²) in [6.07, 6.45) is 0. The van der Waals surface area contributed by atoms with Gasteiger partial charge in [-0.15, -0.1) is 0 Å². The molecule has 0 bridgehead atoms. The van der Waals surface area contributed by atoms with Crippen molar-refractivity contribution in [2.45, 2.75) is 6.04 Å². The third kappa shape index (κ3) is 2.90. The lowest BCUT2D eigenvalue weighted by molar-refractivity contribution is 0.558. The Morgan fingerprint density at radius 1 is 1.00 bits per heavy atom. The van der Waals surface area contributed by atoms with Crippen LogP contribution in [0.2, 0.25) is 0 Å². The molecule has 2 aromatic rings. The van der Waals surface area contributed by atoms with Crippen LogP contribution in [0.1, 0.15) is 17.2 Å². The molecule has 0 saturated carbocycles. The summed E-state index contributed by atoms with van der Waals surface area (Å²) in [4.78, 5) is 0. The first-order valence-corrected chi connectivity index (χ1v) is 6.05. The molecule has 0 fully saturated rings. The van der Waals surface area contributed by atoms with Crippen LogP contribution >= 0.6 is 0 Å². The molecule has 0 heterocycles. The van der Waals surface area contributed by atoms with E-state index in [-0.39, 0.29) is 6.04 Å². The van der Waals surface area contributed by atoms with Crippen LogP contribution in [0.15, 0.2) is 42.5 Å². The normalized spacial score (nSPS) is 12.2. The molecule has 19 heavy (non-hydrogen) atoms. The molecule has 0 amide bonds. The number of anilines is 1. The number of hydrogen-bond acceptors (Lipinski definition) is 2. The quantitative estimate of drug-likeness (QED) is 0.883. The molecule has 0 saturated heterocycles. The topological polar surface area (TPSA) is 24.1 Å². The molecule has 0 aliphatic carbocycles. The van der Waals surface area contributed by atoms with Crippen LogP contribution < -0.4 is 10.6 Å². The van der Waals surface area contributed by atoms with Gasteiger partial charge in [0.2, 0.25) is 0 Å². The van der Waals surface area contributed by atoms with Crippen molar-refractivity contribution in [1.29, 1.82) is 0 Å². The van der Waals surface area contributed by atoms with E-state index in [4.69, 9.17) is 0 Å². The fraction of sp³-hybridized carbons (Fsp3) is 0.200. The largest absolute Gasteiger partial charge is 0.388 e. The molecule has 2 rings (SSSR count). The third-order valence-corrected chi connectivity index (χ3v) is 3.07. The average molecular weight is 262 g/mol. The van der Waals surface area contributed by atoms with Gasteiger partial charge in [0.15, 0.2) is 0 Å². The number of halogens is 2. The van der Waals surface area contributed by atoms with Gasteiger partial charge in [0.05, 0.1) is 6.04 Å². The molecule has 0 aliphatic rings. The smallest absolute Gasteiger partial charge is 0.128 e. The molecule has 0 aliphatic heterocycles. The second-order valence-corrected chi connectivity index (χ2v) is 4.26. The van der Waals surface area contributed by atoms with E-state index in [1.165, 1.54) is 6.07 Å². The van der Waals surface area contributed by atoms with Crippen molar-refractivity contribution < 1.29 is 8.78 Å². The first-order chi connectivity index (χ1) is 9.15. The summed E-state index contributed by atoms with van der Waals surface area (Å²) in [7, 11) is 3.54. The number of benzene rings is 2. The minimum absolute atomic E-state index is 0.302. The molecule has 2 nitrogen and oxygen atoms in total. The van der Waals surface area contributed by atoms with Gasteiger partial charge in [-0.05, 0) is 42.9 Å². The summed E-state index contributed by atoms with van der Waals surface area (Å²) < 4.78 is 27.2. The number of nitrogens with one attached hydrogen (secondary N) is 2. The van der Waals surface area contributed by atoms with Crippen molar-refractivity contribution in [1.82, 2.24) is 5.32 Å². The molecule has 2 N–H and O–H groups in total. The highest BCUT2D eigenvalue weighted by Gasteiger charge is 2.17. The Bertz CT molecular complexity index is 570. The Labute approximate surface area is 111 Å². The van der Waals surface area contributed by atoms with Crippen LogP contribution in [0.25, 0.3) is 0 Å². The van der Waals surface area contributed by atoms with Crippen molar-refractivity contribution in [2.24, 2.45) is 0 Å². The maximum Gasteiger partial charge on any atom is 0.128 e. The Kier molecular flexibility index (Phi) is 4.12. The molecule has 100 valence electrons. The fourth-order valence-electron chi connectivity index (χ4n) is 2.11. The van der Waals surface area contributed by atoms with Crippen LogP contribution in [-0.4, -0.2) is 14.1 Å². The predicted octanol–water partition coefficient (Wildman–Crippen LogP) is 3.32. The molecule has 1 atom stereocenters. The summed E-state index contributed by atoms with van der Waals surface area (Å²) in [6.45, 7) is 0. The van der Waals surface area contributed by atoms with E-state index in [0.29, 0.717) is 5.56 Å². The first kappa shape index (κ1) is 13.5. The van der Waals surface area contributed by atoms with E-state index >= 15 is 0 Å². The highest BCUT2D eigenvalue weighted by Crippen LogP contribution is 2.26. The second-order valence-electron chi connectivity index (χ2n) is 4.26. The maximum atomic E-state index is 13.9. The van der Waals surface area contributed by atoms with Crippen LogP contribution in [0.3, 0.4) is 0 Å². The van der Waals surface area contributed by atoms with E-state index in [9.17, 15) is 8.78 Å².